The number of ether oxygens (including phenoxy) is 2. The summed E-state index contributed by atoms with van der Waals surface area (Å²) in [5.74, 6) is 1.03. The van der Waals surface area contributed by atoms with Crippen LogP contribution >= 0.6 is 39.1 Å². The molecule has 2 unspecified atom stereocenters. The molecule has 0 radical (unpaired) electrons. The van der Waals surface area contributed by atoms with Gasteiger partial charge in [0.2, 0.25) is 0 Å². The summed E-state index contributed by atoms with van der Waals surface area (Å²) in [6.45, 7) is 0.746. The molecule has 186 valence electrons. The standard InChI is InChI=1S/C11H12BrClO3S.C11H11ClO4S/c1-17(14,15)11-2-3-16-10-5-9(13)7(6-12)4-8(10)11;1-17(14,15)11-2-3-16-10-5-9(12)7(6-13)4-8(10)11/h4-5,11H,2-3,6H2,1H3;4-6,11H,2-3H2,1H3. The molecular formula is C22H23BrCl2O7S2. The van der Waals surface area contributed by atoms with E-state index in [0.717, 1.165) is 11.1 Å². The molecule has 0 bridgehead atoms. The quantitative estimate of drug-likeness (QED) is 0.348. The predicted octanol–water partition coefficient (Wildman–Crippen LogP) is 5.12. The molecule has 0 N–H and O–H groups in total. The molecule has 34 heavy (non-hydrogen) atoms. The second-order valence-electron chi connectivity index (χ2n) is 8.06. The molecule has 2 aromatic carbocycles. The van der Waals surface area contributed by atoms with Crippen LogP contribution in [0.3, 0.4) is 0 Å². The van der Waals surface area contributed by atoms with Gasteiger partial charge in [-0.05, 0) is 29.8 Å². The smallest absolute Gasteiger partial charge is 0.154 e. The van der Waals surface area contributed by atoms with E-state index < -0.39 is 30.2 Å². The summed E-state index contributed by atoms with van der Waals surface area (Å²) < 4.78 is 57.6. The zero-order chi connectivity index (χ0) is 25.3. The normalized spacial score (nSPS) is 19.4. The van der Waals surface area contributed by atoms with Crippen molar-refractivity contribution in [3.63, 3.8) is 0 Å². The van der Waals surface area contributed by atoms with E-state index in [-0.39, 0.29) is 10.6 Å². The molecular weight excluding hydrogens is 591 g/mol. The molecule has 4 rings (SSSR count). The maximum atomic E-state index is 11.7. The summed E-state index contributed by atoms with van der Waals surface area (Å²) in [7, 11) is -6.33. The lowest BCUT2D eigenvalue weighted by Gasteiger charge is -2.25. The van der Waals surface area contributed by atoms with E-state index in [1.807, 2.05) is 6.07 Å². The van der Waals surface area contributed by atoms with Crippen LogP contribution in [0.15, 0.2) is 24.3 Å². The maximum absolute atomic E-state index is 11.7. The molecule has 0 amide bonds. The van der Waals surface area contributed by atoms with Crippen LogP contribution in [-0.2, 0) is 25.0 Å². The maximum Gasteiger partial charge on any atom is 0.154 e. The van der Waals surface area contributed by atoms with Crippen LogP contribution in [0.4, 0.5) is 0 Å². The number of rotatable bonds is 4. The molecule has 0 aliphatic carbocycles. The molecule has 2 aliphatic heterocycles. The number of carbonyl (C=O) groups excluding carboxylic acids is 1. The Bertz CT molecular complexity index is 1310. The first kappa shape index (κ1) is 27.3. The molecule has 0 spiro atoms. The summed E-state index contributed by atoms with van der Waals surface area (Å²) >= 11 is 15.3. The van der Waals surface area contributed by atoms with Crippen LogP contribution in [0, 0.1) is 0 Å². The van der Waals surface area contributed by atoms with Gasteiger partial charge in [0.1, 0.15) is 11.5 Å². The second-order valence-corrected chi connectivity index (χ2v) is 13.9. The van der Waals surface area contributed by atoms with Gasteiger partial charge in [0.25, 0.3) is 0 Å². The van der Waals surface area contributed by atoms with E-state index in [2.05, 4.69) is 15.9 Å². The first-order valence-corrected chi connectivity index (χ1v) is 16.0. The highest BCUT2D eigenvalue weighted by Crippen LogP contribution is 2.41. The summed E-state index contributed by atoms with van der Waals surface area (Å²) in [4.78, 5) is 10.8. The van der Waals surface area contributed by atoms with Crippen LogP contribution < -0.4 is 9.47 Å². The average Bonchev–Trinajstić information content (AvgIpc) is 2.76. The number of sulfone groups is 2. The number of benzene rings is 2. The van der Waals surface area contributed by atoms with E-state index in [1.54, 1.807) is 6.07 Å². The Morgan fingerprint density at radius 2 is 1.35 bits per heavy atom. The number of hydrogen-bond acceptors (Lipinski definition) is 7. The van der Waals surface area contributed by atoms with Crippen LogP contribution in [0.25, 0.3) is 0 Å². The zero-order valence-electron chi connectivity index (χ0n) is 18.4. The Hall–Kier alpha value is -1.33. The third-order valence-electron chi connectivity index (χ3n) is 5.58. The van der Waals surface area contributed by atoms with E-state index in [4.69, 9.17) is 32.7 Å². The topological polar surface area (TPSA) is 104 Å². The molecule has 0 saturated heterocycles. The van der Waals surface area contributed by atoms with Crippen molar-refractivity contribution in [3.05, 3.63) is 56.6 Å². The fourth-order valence-corrected chi connectivity index (χ4v) is 7.29. The van der Waals surface area contributed by atoms with Gasteiger partial charge in [-0.25, -0.2) is 16.8 Å². The van der Waals surface area contributed by atoms with Gasteiger partial charge in [-0.2, -0.15) is 0 Å². The van der Waals surface area contributed by atoms with Crippen LogP contribution in [-0.4, -0.2) is 48.8 Å². The van der Waals surface area contributed by atoms with Gasteiger partial charge in [0.05, 0.1) is 28.7 Å². The highest BCUT2D eigenvalue weighted by atomic mass is 79.9. The lowest BCUT2D eigenvalue weighted by Crippen LogP contribution is -2.21. The monoisotopic (exact) mass is 612 g/mol. The van der Waals surface area contributed by atoms with E-state index >= 15 is 0 Å². The third kappa shape index (κ3) is 6.07. The molecule has 2 aliphatic rings. The van der Waals surface area contributed by atoms with Crippen molar-refractivity contribution in [3.8, 4) is 11.5 Å². The van der Waals surface area contributed by atoms with Crippen LogP contribution in [0.2, 0.25) is 10.0 Å². The van der Waals surface area contributed by atoms with Crippen molar-refractivity contribution < 1.29 is 31.1 Å². The number of aldehydes is 1. The fourth-order valence-electron chi connectivity index (χ4n) is 3.91. The van der Waals surface area contributed by atoms with Gasteiger partial charge >= 0.3 is 0 Å². The Morgan fingerprint density at radius 1 is 0.882 bits per heavy atom. The SMILES string of the molecule is CS(=O)(=O)C1CCOc2cc(Cl)c(C=O)cc21.CS(=O)(=O)C1CCOc2cc(Cl)c(CBr)cc21. The van der Waals surface area contributed by atoms with E-state index in [9.17, 15) is 21.6 Å². The molecule has 0 aromatic heterocycles. The Morgan fingerprint density at radius 3 is 1.79 bits per heavy atom. The molecule has 2 aromatic rings. The summed E-state index contributed by atoms with van der Waals surface area (Å²) in [6, 6.07) is 6.51. The lowest BCUT2D eigenvalue weighted by molar-refractivity contribution is 0.112. The molecule has 2 heterocycles. The summed E-state index contributed by atoms with van der Waals surface area (Å²) in [5.41, 5.74) is 2.40. The van der Waals surface area contributed by atoms with Gasteiger partial charge < -0.3 is 9.47 Å². The fraction of sp³-hybridized carbons (Fsp3) is 0.409. The second kappa shape index (κ2) is 10.7. The Kier molecular flexibility index (Phi) is 8.61. The van der Waals surface area contributed by atoms with Crippen molar-refractivity contribution in [2.24, 2.45) is 0 Å². The predicted molar refractivity (Wildman–Crippen MR) is 136 cm³/mol. The minimum Gasteiger partial charge on any atom is -0.493 e. The number of halogens is 3. The van der Waals surface area contributed by atoms with Crippen molar-refractivity contribution in [2.45, 2.75) is 28.7 Å². The summed E-state index contributed by atoms with van der Waals surface area (Å²) in [5, 5.41) is 0.349. The minimum absolute atomic E-state index is 0.271. The molecule has 7 nitrogen and oxygen atoms in total. The van der Waals surface area contributed by atoms with Crippen LogP contribution in [0.5, 0.6) is 11.5 Å². The number of alkyl halides is 1. The van der Waals surface area contributed by atoms with Crippen molar-refractivity contribution >= 4 is 65.1 Å². The van der Waals surface area contributed by atoms with Gasteiger partial charge in [-0.1, -0.05) is 39.1 Å². The largest absolute Gasteiger partial charge is 0.493 e. The molecule has 0 fully saturated rings. The highest BCUT2D eigenvalue weighted by molar-refractivity contribution is 9.08. The number of carbonyl (C=O) groups is 1. The Labute approximate surface area is 217 Å². The first-order chi connectivity index (χ1) is 15.9. The first-order valence-electron chi connectivity index (χ1n) is 10.2. The van der Waals surface area contributed by atoms with Crippen LogP contribution in [0.1, 0.15) is 50.4 Å². The zero-order valence-corrected chi connectivity index (χ0v) is 23.1. The minimum atomic E-state index is -3.22. The van der Waals surface area contributed by atoms with Gasteiger partial charge in [0, 0.05) is 52.4 Å². The average molecular weight is 614 g/mol. The summed E-state index contributed by atoms with van der Waals surface area (Å²) in [6.07, 6.45) is 3.94. The van der Waals surface area contributed by atoms with Gasteiger partial charge in [0.15, 0.2) is 26.0 Å². The highest BCUT2D eigenvalue weighted by Gasteiger charge is 2.31. The van der Waals surface area contributed by atoms with E-state index in [1.165, 1.54) is 24.6 Å². The number of hydrogen-bond donors (Lipinski definition) is 0. The number of fused-ring (bicyclic) bond motifs is 2. The van der Waals surface area contributed by atoms with Crippen molar-refractivity contribution in [1.29, 1.82) is 0 Å². The van der Waals surface area contributed by atoms with Gasteiger partial charge in [-0.15, -0.1) is 0 Å². The Balaban J connectivity index is 0.000000191. The molecule has 12 heteroatoms. The molecule has 0 saturated carbocycles. The molecule has 2 atom stereocenters. The van der Waals surface area contributed by atoms with Gasteiger partial charge in [-0.3, -0.25) is 4.79 Å². The lowest BCUT2D eigenvalue weighted by atomic mass is 10.0. The third-order valence-corrected chi connectivity index (χ3v) is 9.91. The van der Waals surface area contributed by atoms with Crippen molar-refractivity contribution in [1.82, 2.24) is 0 Å². The van der Waals surface area contributed by atoms with Crippen molar-refractivity contribution in [2.75, 3.05) is 25.7 Å². The van der Waals surface area contributed by atoms with E-state index in [0.29, 0.717) is 59.8 Å².